The van der Waals surface area contributed by atoms with Crippen LogP contribution in [-0.2, 0) is 0 Å². The van der Waals surface area contributed by atoms with Crippen molar-refractivity contribution in [2.24, 2.45) is 0 Å². The third kappa shape index (κ3) is 2.69. The van der Waals surface area contributed by atoms with Crippen LogP contribution < -0.4 is 15.1 Å². The van der Waals surface area contributed by atoms with Crippen molar-refractivity contribution >= 4 is 16.9 Å². The van der Waals surface area contributed by atoms with Gasteiger partial charge in [-0.2, -0.15) is 0 Å². The van der Waals surface area contributed by atoms with Gasteiger partial charge >= 0.3 is 11.6 Å². The lowest BCUT2D eigenvalue weighted by Gasteiger charge is -2.10. The maximum absolute atomic E-state index is 12.1. The highest BCUT2D eigenvalue weighted by molar-refractivity contribution is 5.92. The summed E-state index contributed by atoms with van der Waals surface area (Å²) in [5.74, 6) is 0.0559. The molecule has 0 aliphatic carbocycles. The molecule has 0 saturated heterocycles. The second-order valence-electron chi connectivity index (χ2n) is 4.55. The van der Waals surface area contributed by atoms with Gasteiger partial charge in [-0.25, -0.2) is 9.59 Å². The molecule has 0 bridgehead atoms. The lowest BCUT2D eigenvalue weighted by atomic mass is 10.2. The zero-order chi connectivity index (χ0) is 15.5. The molecule has 110 valence electrons. The number of methoxy groups -OCH3 is 1. The smallest absolute Gasteiger partial charge is 0.343 e. The zero-order valence-electron chi connectivity index (χ0n) is 11.7. The molecule has 3 rings (SSSR count). The standard InChI is InChI=1S/C17H12O5/c1-20-14-9-12-7-8-16(18)21-13(12)10-15(14)22-17(19)11-5-3-2-4-6-11/h2-10H,1H3. The molecule has 2 aromatic carbocycles. The summed E-state index contributed by atoms with van der Waals surface area (Å²) in [5, 5.41) is 0.677. The van der Waals surface area contributed by atoms with Gasteiger partial charge in [-0.1, -0.05) is 18.2 Å². The number of carbonyl (C=O) groups is 1. The summed E-state index contributed by atoms with van der Waals surface area (Å²) in [4.78, 5) is 23.4. The van der Waals surface area contributed by atoms with Gasteiger partial charge in [-0.3, -0.25) is 0 Å². The number of ether oxygens (including phenoxy) is 2. The Balaban J connectivity index is 2.02. The van der Waals surface area contributed by atoms with Crippen LogP contribution in [0.5, 0.6) is 11.5 Å². The van der Waals surface area contributed by atoms with Gasteiger partial charge in [-0.15, -0.1) is 0 Å². The molecule has 0 spiro atoms. The zero-order valence-corrected chi connectivity index (χ0v) is 11.7. The number of carbonyl (C=O) groups excluding carboxylic acids is 1. The van der Waals surface area contributed by atoms with E-state index >= 15 is 0 Å². The Hall–Kier alpha value is -3.08. The molecule has 3 aromatic rings. The second kappa shape index (κ2) is 5.73. The normalized spacial score (nSPS) is 10.4. The molecule has 0 aliphatic rings. The molecular formula is C17H12O5. The van der Waals surface area contributed by atoms with Crippen LogP contribution in [0.25, 0.3) is 11.0 Å². The van der Waals surface area contributed by atoms with Gasteiger partial charge in [0.2, 0.25) is 0 Å². The van der Waals surface area contributed by atoms with E-state index in [0.29, 0.717) is 22.3 Å². The predicted molar refractivity (Wildman–Crippen MR) is 80.4 cm³/mol. The number of benzene rings is 2. The largest absolute Gasteiger partial charge is 0.493 e. The molecule has 1 heterocycles. The molecular weight excluding hydrogens is 284 g/mol. The minimum atomic E-state index is -0.517. The topological polar surface area (TPSA) is 65.7 Å². The van der Waals surface area contributed by atoms with Crippen LogP contribution in [0.3, 0.4) is 0 Å². The van der Waals surface area contributed by atoms with E-state index in [4.69, 9.17) is 13.9 Å². The lowest BCUT2D eigenvalue weighted by Crippen LogP contribution is -2.09. The number of hydrogen-bond donors (Lipinski definition) is 0. The quantitative estimate of drug-likeness (QED) is 0.422. The highest BCUT2D eigenvalue weighted by atomic mass is 16.6. The Morgan fingerprint density at radius 2 is 1.77 bits per heavy atom. The third-order valence-electron chi connectivity index (χ3n) is 3.12. The first kappa shape index (κ1) is 13.9. The molecule has 0 atom stereocenters. The first-order valence-electron chi connectivity index (χ1n) is 6.56. The fourth-order valence-corrected chi connectivity index (χ4v) is 2.05. The van der Waals surface area contributed by atoms with Crippen LogP contribution >= 0.6 is 0 Å². The van der Waals surface area contributed by atoms with E-state index in [0.717, 1.165) is 0 Å². The maximum Gasteiger partial charge on any atom is 0.343 e. The summed E-state index contributed by atoms with van der Waals surface area (Å²) in [5.41, 5.74) is 0.265. The molecule has 5 heteroatoms. The lowest BCUT2D eigenvalue weighted by molar-refractivity contribution is 0.0730. The SMILES string of the molecule is COc1cc2ccc(=O)oc2cc1OC(=O)c1ccccc1. The molecule has 0 unspecified atom stereocenters. The van der Waals surface area contributed by atoms with E-state index in [-0.39, 0.29) is 5.75 Å². The van der Waals surface area contributed by atoms with Gasteiger partial charge < -0.3 is 13.9 Å². The van der Waals surface area contributed by atoms with Crippen LogP contribution in [0.1, 0.15) is 10.4 Å². The van der Waals surface area contributed by atoms with Gasteiger partial charge in [0.05, 0.1) is 12.7 Å². The first-order chi connectivity index (χ1) is 10.7. The van der Waals surface area contributed by atoms with E-state index < -0.39 is 11.6 Å². The summed E-state index contributed by atoms with van der Waals surface area (Å²) < 4.78 is 15.7. The molecule has 22 heavy (non-hydrogen) atoms. The Bertz CT molecular complexity index is 880. The number of hydrogen-bond acceptors (Lipinski definition) is 5. The highest BCUT2D eigenvalue weighted by Gasteiger charge is 2.14. The van der Waals surface area contributed by atoms with Crippen molar-refractivity contribution in [3.63, 3.8) is 0 Å². The van der Waals surface area contributed by atoms with E-state index in [1.54, 1.807) is 36.4 Å². The highest BCUT2D eigenvalue weighted by Crippen LogP contribution is 2.32. The average molecular weight is 296 g/mol. The van der Waals surface area contributed by atoms with Gasteiger partial charge in [0.1, 0.15) is 5.58 Å². The molecule has 1 aromatic heterocycles. The van der Waals surface area contributed by atoms with Crippen molar-refractivity contribution in [3.05, 3.63) is 70.6 Å². The predicted octanol–water partition coefficient (Wildman–Crippen LogP) is 3.02. The van der Waals surface area contributed by atoms with Crippen molar-refractivity contribution in [2.75, 3.05) is 7.11 Å². The van der Waals surface area contributed by atoms with Crippen molar-refractivity contribution in [1.29, 1.82) is 0 Å². The van der Waals surface area contributed by atoms with Crippen LogP contribution in [0.15, 0.2) is 63.8 Å². The molecule has 0 saturated carbocycles. The summed E-state index contributed by atoms with van der Waals surface area (Å²) in [7, 11) is 1.47. The fraction of sp³-hybridized carbons (Fsp3) is 0.0588. The maximum atomic E-state index is 12.1. The first-order valence-corrected chi connectivity index (χ1v) is 6.56. The van der Waals surface area contributed by atoms with E-state index in [1.807, 2.05) is 6.07 Å². The second-order valence-corrected chi connectivity index (χ2v) is 4.55. The number of rotatable bonds is 3. The Morgan fingerprint density at radius 1 is 1.00 bits per heavy atom. The number of fused-ring (bicyclic) bond motifs is 1. The summed E-state index contributed by atoms with van der Waals surface area (Å²) in [6.07, 6.45) is 0. The fourth-order valence-electron chi connectivity index (χ4n) is 2.05. The van der Waals surface area contributed by atoms with Gasteiger partial charge in [-0.05, 0) is 24.3 Å². The molecule has 0 aliphatic heterocycles. The van der Waals surface area contributed by atoms with Crippen molar-refractivity contribution in [2.45, 2.75) is 0 Å². The molecule has 0 fully saturated rings. The molecule has 0 radical (unpaired) electrons. The van der Waals surface area contributed by atoms with E-state index in [2.05, 4.69) is 0 Å². The monoisotopic (exact) mass is 296 g/mol. The minimum absolute atomic E-state index is 0.193. The molecule has 0 amide bonds. The Labute approximate surface area is 125 Å². The van der Waals surface area contributed by atoms with E-state index in [9.17, 15) is 9.59 Å². The summed E-state index contributed by atoms with van der Waals surface area (Å²) >= 11 is 0. The van der Waals surface area contributed by atoms with Crippen LogP contribution in [-0.4, -0.2) is 13.1 Å². The molecule has 5 nitrogen and oxygen atoms in total. The van der Waals surface area contributed by atoms with Crippen LogP contribution in [0, 0.1) is 0 Å². The summed E-state index contributed by atoms with van der Waals surface area (Å²) in [6.45, 7) is 0. The van der Waals surface area contributed by atoms with Crippen molar-refractivity contribution in [3.8, 4) is 11.5 Å². The Kier molecular flexibility index (Phi) is 3.62. The van der Waals surface area contributed by atoms with Gasteiger partial charge in [0.25, 0.3) is 0 Å². The van der Waals surface area contributed by atoms with Crippen molar-refractivity contribution < 1.29 is 18.7 Å². The van der Waals surface area contributed by atoms with Gasteiger partial charge in [0.15, 0.2) is 11.5 Å². The Morgan fingerprint density at radius 3 is 2.50 bits per heavy atom. The van der Waals surface area contributed by atoms with Crippen LogP contribution in [0.4, 0.5) is 0 Å². The van der Waals surface area contributed by atoms with Gasteiger partial charge in [0, 0.05) is 17.5 Å². The molecule has 0 N–H and O–H groups in total. The average Bonchev–Trinajstić information content (AvgIpc) is 2.55. The summed E-state index contributed by atoms with van der Waals surface area (Å²) in [6, 6.07) is 14.6. The number of esters is 1. The third-order valence-corrected chi connectivity index (χ3v) is 3.12. The van der Waals surface area contributed by atoms with E-state index in [1.165, 1.54) is 19.2 Å². The van der Waals surface area contributed by atoms with Crippen LogP contribution in [0.2, 0.25) is 0 Å². The minimum Gasteiger partial charge on any atom is -0.493 e. The van der Waals surface area contributed by atoms with Crippen molar-refractivity contribution in [1.82, 2.24) is 0 Å².